The van der Waals surface area contributed by atoms with Gasteiger partial charge in [0.25, 0.3) is 0 Å². The molecular formula is C20H38N2. The molecule has 2 saturated heterocycles. The van der Waals surface area contributed by atoms with Crippen LogP contribution in [-0.4, -0.2) is 25.2 Å². The van der Waals surface area contributed by atoms with E-state index in [0.717, 1.165) is 12.1 Å². The molecule has 0 aromatic heterocycles. The van der Waals surface area contributed by atoms with Crippen LogP contribution in [0.2, 0.25) is 0 Å². The highest BCUT2D eigenvalue weighted by atomic mass is 15.0. The molecular weight excluding hydrogens is 268 g/mol. The minimum absolute atomic E-state index is 0.584. The van der Waals surface area contributed by atoms with Crippen molar-refractivity contribution in [1.29, 1.82) is 0 Å². The van der Waals surface area contributed by atoms with Crippen LogP contribution in [0, 0.1) is 21.7 Å². The third-order valence-electron chi connectivity index (χ3n) is 6.52. The highest BCUT2D eigenvalue weighted by Crippen LogP contribution is 2.49. The van der Waals surface area contributed by atoms with E-state index < -0.39 is 0 Å². The van der Waals surface area contributed by atoms with Gasteiger partial charge in [0.05, 0.1) is 0 Å². The van der Waals surface area contributed by atoms with Crippen LogP contribution in [0.3, 0.4) is 0 Å². The van der Waals surface area contributed by atoms with Crippen LogP contribution < -0.4 is 10.6 Å². The third-order valence-corrected chi connectivity index (χ3v) is 6.52. The summed E-state index contributed by atoms with van der Waals surface area (Å²) in [5, 5.41) is 7.23. The van der Waals surface area contributed by atoms with E-state index in [4.69, 9.17) is 0 Å². The fourth-order valence-corrected chi connectivity index (χ4v) is 6.61. The summed E-state index contributed by atoms with van der Waals surface area (Å²) in [5.41, 5.74) is 2.40. The van der Waals surface area contributed by atoms with Crippen LogP contribution >= 0.6 is 0 Å². The van der Waals surface area contributed by atoms with E-state index in [9.17, 15) is 0 Å². The predicted molar refractivity (Wildman–Crippen MR) is 95.1 cm³/mol. The van der Waals surface area contributed by atoms with Gasteiger partial charge in [0.1, 0.15) is 0 Å². The van der Waals surface area contributed by atoms with Gasteiger partial charge in [0.2, 0.25) is 0 Å². The topological polar surface area (TPSA) is 24.1 Å². The molecule has 4 fully saturated rings. The standard InChI is InChI=1S/2C10H19N/c2*1-9(2)4-8-5-10(3,6-9)7-11-8/h2*8,11H,4-7H2,1-3H3. The summed E-state index contributed by atoms with van der Waals surface area (Å²) >= 11 is 0. The van der Waals surface area contributed by atoms with Gasteiger partial charge in [0.15, 0.2) is 0 Å². The van der Waals surface area contributed by atoms with E-state index in [2.05, 4.69) is 52.2 Å². The second-order valence-corrected chi connectivity index (χ2v) is 11.3. The Kier molecular flexibility index (Phi) is 3.97. The molecule has 4 bridgehead atoms. The van der Waals surface area contributed by atoms with Gasteiger partial charge in [-0.05, 0) is 60.2 Å². The van der Waals surface area contributed by atoms with Crippen LogP contribution in [-0.2, 0) is 0 Å². The minimum Gasteiger partial charge on any atom is -0.313 e. The Hall–Kier alpha value is -0.0800. The lowest BCUT2D eigenvalue weighted by atomic mass is 9.65. The molecule has 2 heteroatoms. The zero-order valence-corrected chi connectivity index (χ0v) is 15.8. The summed E-state index contributed by atoms with van der Waals surface area (Å²) in [5.74, 6) is 0. The van der Waals surface area contributed by atoms with Gasteiger partial charge < -0.3 is 10.6 Å². The second-order valence-electron chi connectivity index (χ2n) is 11.3. The first-order valence-corrected chi connectivity index (χ1v) is 9.45. The van der Waals surface area contributed by atoms with E-state index in [1.54, 1.807) is 0 Å². The zero-order chi connectivity index (χ0) is 16.2. The average Bonchev–Trinajstić information content (AvgIpc) is 2.73. The smallest absolute Gasteiger partial charge is 0.00780 e. The first-order valence-electron chi connectivity index (χ1n) is 9.45. The number of nitrogens with one attached hydrogen (secondary N) is 2. The Bertz CT molecular complexity index is 387. The fraction of sp³-hybridized carbons (Fsp3) is 1.00. The first-order chi connectivity index (χ1) is 9.99. The molecule has 4 unspecified atom stereocenters. The third kappa shape index (κ3) is 3.70. The molecule has 0 amide bonds. The second kappa shape index (κ2) is 5.21. The molecule has 4 atom stereocenters. The molecule has 2 N–H and O–H groups in total. The van der Waals surface area contributed by atoms with Crippen LogP contribution in [0.5, 0.6) is 0 Å². The maximum Gasteiger partial charge on any atom is 0.00780 e. The molecule has 2 nitrogen and oxygen atoms in total. The van der Waals surface area contributed by atoms with Gasteiger partial charge in [-0.2, -0.15) is 0 Å². The van der Waals surface area contributed by atoms with E-state index in [0.29, 0.717) is 21.7 Å². The normalized spacial score (nSPS) is 47.7. The maximum atomic E-state index is 3.61. The molecule has 128 valence electrons. The van der Waals surface area contributed by atoms with Gasteiger partial charge in [-0.3, -0.25) is 0 Å². The largest absolute Gasteiger partial charge is 0.313 e. The quantitative estimate of drug-likeness (QED) is 0.695. The van der Waals surface area contributed by atoms with Gasteiger partial charge in [-0.25, -0.2) is 0 Å². The number of fused-ring (bicyclic) bond motifs is 4. The molecule has 0 radical (unpaired) electrons. The average molecular weight is 307 g/mol. The Balaban J connectivity index is 0.000000131. The molecule has 4 aliphatic rings. The van der Waals surface area contributed by atoms with Gasteiger partial charge in [-0.1, -0.05) is 41.5 Å². The number of rotatable bonds is 0. The Morgan fingerprint density at radius 3 is 1.27 bits per heavy atom. The summed E-state index contributed by atoms with van der Waals surface area (Å²) in [6.07, 6.45) is 8.39. The van der Waals surface area contributed by atoms with Crippen molar-refractivity contribution in [3.05, 3.63) is 0 Å². The van der Waals surface area contributed by atoms with Crippen molar-refractivity contribution in [2.75, 3.05) is 13.1 Å². The number of hydrogen-bond donors (Lipinski definition) is 2. The summed E-state index contributed by atoms with van der Waals surface area (Å²) in [6.45, 7) is 17.0. The van der Waals surface area contributed by atoms with Gasteiger partial charge >= 0.3 is 0 Å². The number of hydrogen-bond acceptors (Lipinski definition) is 2. The van der Waals surface area contributed by atoms with Crippen LogP contribution in [0.15, 0.2) is 0 Å². The molecule has 2 saturated carbocycles. The van der Waals surface area contributed by atoms with Crippen molar-refractivity contribution in [1.82, 2.24) is 10.6 Å². The van der Waals surface area contributed by atoms with E-state index in [1.165, 1.54) is 51.6 Å². The van der Waals surface area contributed by atoms with E-state index in [1.807, 2.05) is 0 Å². The summed E-state index contributed by atoms with van der Waals surface area (Å²) in [7, 11) is 0. The van der Waals surface area contributed by atoms with Crippen LogP contribution in [0.1, 0.15) is 80.1 Å². The molecule has 0 spiro atoms. The van der Waals surface area contributed by atoms with E-state index >= 15 is 0 Å². The van der Waals surface area contributed by atoms with Crippen molar-refractivity contribution in [2.45, 2.75) is 92.2 Å². The van der Waals surface area contributed by atoms with Crippen molar-refractivity contribution in [3.8, 4) is 0 Å². The van der Waals surface area contributed by atoms with Crippen molar-refractivity contribution in [2.24, 2.45) is 21.7 Å². The Labute approximate surface area is 138 Å². The van der Waals surface area contributed by atoms with Crippen LogP contribution in [0.25, 0.3) is 0 Å². The molecule has 2 aliphatic heterocycles. The molecule has 2 aliphatic carbocycles. The summed E-state index contributed by atoms with van der Waals surface area (Å²) < 4.78 is 0. The lowest BCUT2D eigenvalue weighted by Gasteiger charge is -2.39. The SMILES string of the molecule is CC1(C)CC2CC(C)(CN2)C1.CC1(C)CC2CC(C)(CN2)C1. The Morgan fingerprint density at radius 1 is 0.591 bits per heavy atom. The van der Waals surface area contributed by atoms with Gasteiger partial charge in [0, 0.05) is 25.2 Å². The lowest BCUT2D eigenvalue weighted by Crippen LogP contribution is -2.33. The maximum absolute atomic E-state index is 3.61. The Morgan fingerprint density at radius 2 is 0.955 bits per heavy atom. The highest BCUT2D eigenvalue weighted by molar-refractivity contribution is 5.01. The molecule has 4 rings (SSSR count). The molecule has 2 heterocycles. The zero-order valence-electron chi connectivity index (χ0n) is 15.8. The monoisotopic (exact) mass is 306 g/mol. The highest BCUT2D eigenvalue weighted by Gasteiger charge is 2.46. The summed E-state index contributed by atoms with van der Waals surface area (Å²) in [4.78, 5) is 0. The molecule has 22 heavy (non-hydrogen) atoms. The fourth-order valence-electron chi connectivity index (χ4n) is 6.61. The van der Waals surface area contributed by atoms with Crippen molar-refractivity contribution < 1.29 is 0 Å². The van der Waals surface area contributed by atoms with Crippen molar-refractivity contribution >= 4 is 0 Å². The van der Waals surface area contributed by atoms with Gasteiger partial charge in [-0.15, -0.1) is 0 Å². The predicted octanol–water partition coefficient (Wildman–Crippen LogP) is 4.35. The van der Waals surface area contributed by atoms with Crippen molar-refractivity contribution in [3.63, 3.8) is 0 Å². The molecule has 0 aromatic rings. The first kappa shape index (κ1) is 16.8. The molecule has 0 aromatic carbocycles. The van der Waals surface area contributed by atoms with Crippen LogP contribution in [0.4, 0.5) is 0 Å². The lowest BCUT2D eigenvalue weighted by molar-refractivity contribution is 0.135. The minimum atomic E-state index is 0.584. The van der Waals surface area contributed by atoms with E-state index in [-0.39, 0.29) is 0 Å². The summed E-state index contributed by atoms with van der Waals surface area (Å²) in [6, 6.07) is 1.65.